The van der Waals surface area contributed by atoms with E-state index in [2.05, 4.69) is 51.7 Å². The summed E-state index contributed by atoms with van der Waals surface area (Å²) in [4.78, 5) is 21.4. The predicted octanol–water partition coefficient (Wildman–Crippen LogP) is 3.51. The number of hydrogen-bond donors (Lipinski definition) is 2. The number of hydrogen-bond acceptors (Lipinski definition) is 4. The second-order valence-corrected chi connectivity index (χ2v) is 8.83. The van der Waals surface area contributed by atoms with Gasteiger partial charge in [0.15, 0.2) is 5.96 Å². The van der Waals surface area contributed by atoms with E-state index in [0.717, 1.165) is 50.7 Å². The summed E-state index contributed by atoms with van der Waals surface area (Å²) in [5.74, 6) is 2.40. The first-order valence-electron chi connectivity index (χ1n) is 11.8. The lowest BCUT2D eigenvalue weighted by Gasteiger charge is -2.20. The van der Waals surface area contributed by atoms with Gasteiger partial charge < -0.3 is 24.9 Å². The third-order valence-electron chi connectivity index (χ3n) is 6.14. The molecule has 1 saturated heterocycles. The molecule has 180 valence electrons. The van der Waals surface area contributed by atoms with E-state index in [0.29, 0.717) is 30.8 Å². The summed E-state index contributed by atoms with van der Waals surface area (Å²) in [6.45, 7) is 4.08. The number of nitrogens with zero attached hydrogens (tertiary/aromatic N) is 3. The summed E-state index contributed by atoms with van der Waals surface area (Å²) in [6, 6.07) is 14.8. The van der Waals surface area contributed by atoms with Crippen LogP contribution in [0.4, 0.5) is 5.69 Å². The first-order valence-corrected chi connectivity index (χ1v) is 11.8. The number of halogens is 1. The molecule has 1 amide bonds. The van der Waals surface area contributed by atoms with E-state index in [1.165, 1.54) is 18.5 Å². The van der Waals surface area contributed by atoms with E-state index in [1.807, 2.05) is 18.2 Å². The summed E-state index contributed by atoms with van der Waals surface area (Å²) >= 11 is 0. The number of carbonyl (C=O) groups excluding carboxylic acids is 1. The van der Waals surface area contributed by atoms with Gasteiger partial charge in [0.25, 0.3) is 0 Å². The van der Waals surface area contributed by atoms with Crippen LogP contribution in [-0.2, 0) is 11.2 Å². The van der Waals surface area contributed by atoms with Crippen LogP contribution in [0, 0.1) is 5.92 Å². The fourth-order valence-electron chi connectivity index (χ4n) is 4.16. The molecule has 1 saturated carbocycles. The number of carbonyl (C=O) groups is 1. The lowest BCUT2D eigenvalue weighted by atomic mass is 10.1. The second kappa shape index (κ2) is 12.9. The molecule has 1 atom stereocenters. The van der Waals surface area contributed by atoms with Crippen molar-refractivity contribution >= 4 is 41.5 Å². The van der Waals surface area contributed by atoms with Crippen LogP contribution in [0.2, 0.25) is 0 Å². The molecule has 1 aromatic carbocycles. The molecule has 8 heteroatoms. The number of nitrogens with one attached hydrogen (secondary N) is 2. The number of aliphatic imine (C=N–C) groups is 1. The largest absolute Gasteiger partial charge is 0.469 e. The highest BCUT2D eigenvalue weighted by Crippen LogP contribution is 2.32. The molecule has 33 heavy (non-hydrogen) atoms. The smallest absolute Gasteiger partial charge is 0.223 e. The Morgan fingerprint density at radius 1 is 1.15 bits per heavy atom. The number of guanidine groups is 1. The van der Waals surface area contributed by atoms with Crippen LogP contribution in [0.25, 0.3) is 0 Å². The lowest BCUT2D eigenvalue weighted by molar-refractivity contribution is -0.128. The third kappa shape index (κ3) is 7.94. The minimum Gasteiger partial charge on any atom is -0.469 e. The van der Waals surface area contributed by atoms with Crippen molar-refractivity contribution in [3.63, 3.8) is 0 Å². The second-order valence-electron chi connectivity index (χ2n) is 8.83. The average Bonchev–Trinajstić information content (AvgIpc) is 3.39. The van der Waals surface area contributed by atoms with E-state index in [4.69, 9.17) is 9.41 Å². The molecular formula is C25H36IN5O2. The number of furan rings is 1. The lowest BCUT2D eigenvalue weighted by Crippen LogP contribution is -2.40. The van der Waals surface area contributed by atoms with Gasteiger partial charge in [0, 0.05) is 70.3 Å². The zero-order valence-corrected chi connectivity index (χ0v) is 21.7. The van der Waals surface area contributed by atoms with Crippen LogP contribution in [0.3, 0.4) is 0 Å². The Morgan fingerprint density at radius 3 is 2.67 bits per heavy atom. The van der Waals surface area contributed by atoms with E-state index in [-0.39, 0.29) is 24.0 Å². The van der Waals surface area contributed by atoms with Crippen molar-refractivity contribution in [2.75, 3.05) is 44.7 Å². The Balaban J connectivity index is 0.00000306. The number of rotatable bonds is 11. The topological polar surface area (TPSA) is 73.1 Å². The molecule has 2 N–H and O–H groups in total. The highest BCUT2D eigenvalue weighted by molar-refractivity contribution is 14.0. The first-order chi connectivity index (χ1) is 15.7. The Bertz CT molecular complexity index is 870. The summed E-state index contributed by atoms with van der Waals surface area (Å²) in [7, 11) is 2.12. The quantitative estimate of drug-likeness (QED) is 0.189. The van der Waals surface area contributed by atoms with Crippen molar-refractivity contribution in [3.05, 3.63) is 54.5 Å². The molecule has 2 aliphatic rings. The predicted molar refractivity (Wildman–Crippen MR) is 143 cm³/mol. The minimum absolute atomic E-state index is 0. The molecule has 2 heterocycles. The fraction of sp³-hybridized carbons (Fsp3) is 0.520. The molecule has 2 aromatic rings. The maximum absolute atomic E-state index is 12.2. The molecule has 7 nitrogen and oxygen atoms in total. The van der Waals surface area contributed by atoms with Gasteiger partial charge in [-0.2, -0.15) is 0 Å². The fourth-order valence-corrected chi connectivity index (χ4v) is 4.16. The van der Waals surface area contributed by atoms with Gasteiger partial charge in [-0.3, -0.25) is 9.79 Å². The number of anilines is 1. The Hall–Kier alpha value is -2.23. The molecule has 2 fully saturated rings. The number of para-hydroxylation sites is 1. The number of likely N-dealkylation sites (tertiary alicyclic amines) is 1. The van der Waals surface area contributed by atoms with Gasteiger partial charge in [-0.1, -0.05) is 18.2 Å². The summed E-state index contributed by atoms with van der Waals surface area (Å²) < 4.78 is 5.43. The van der Waals surface area contributed by atoms with Gasteiger partial charge in [0.05, 0.1) is 6.26 Å². The summed E-state index contributed by atoms with van der Waals surface area (Å²) in [6.07, 6.45) is 6.47. The average molecular weight is 566 g/mol. The normalized spacial score (nSPS) is 18.2. The van der Waals surface area contributed by atoms with E-state index < -0.39 is 0 Å². The van der Waals surface area contributed by atoms with Crippen LogP contribution >= 0.6 is 24.0 Å². The summed E-state index contributed by atoms with van der Waals surface area (Å²) in [5, 5.41) is 6.90. The Morgan fingerprint density at radius 2 is 1.94 bits per heavy atom. The Kier molecular flexibility index (Phi) is 9.90. The van der Waals surface area contributed by atoms with Crippen LogP contribution in [0.15, 0.2) is 58.1 Å². The maximum atomic E-state index is 12.2. The number of benzene rings is 1. The molecule has 1 aliphatic heterocycles. The molecule has 1 aromatic heterocycles. The first kappa shape index (κ1) is 25.4. The van der Waals surface area contributed by atoms with Crippen molar-refractivity contribution in [2.45, 2.75) is 38.1 Å². The zero-order chi connectivity index (χ0) is 22.2. The van der Waals surface area contributed by atoms with Crippen molar-refractivity contribution in [1.82, 2.24) is 15.5 Å². The van der Waals surface area contributed by atoms with Gasteiger partial charge in [-0.25, -0.2) is 0 Å². The van der Waals surface area contributed by atoms with Crippen LogP contribution in [-0.4, -0.2) is 62.6 Å². The highest BCUT2D eigenvalue weighted by Gasteiger charge is 2.39. The molecule has 0 bridgehead atoms. The van der Waals surface area contributed by atoms with E-state index in [9.17, 15) is 4.79 Å². The van der Waals surface area contributed by atoms with Gasteiger partial charge in [0.2, 0.25) is 5.91 Å². The monoisotopic (exact) mass is 565 g/mol. The van der Waals surface area contributed by atoms with Crippen LogP contribution in [0.1, 0.15) is 31.4 Å². The van der Waals surface area contributed by atoms with Crippen molar-refractivity contribution in [1.29, 1.82) is 0 Å². The van der Waals surface area contributed by atoms with E-state index in [1.54, 1.807) is 6.26 Å². The molecule has 1 aliphatic carbocycles. The molecule has 4 rings (SSSR count). The molecule has 0 spiro atoms. The van der Waals surface area contributed by atoms with Crippen molar-refractivity contribution in [2.24, 2.45) is 10.9 Å². The molecule has 1 unspecified atom stereocenters. The SMILES string of the molecule is CN(CCCNC(=NCC1CC(=O)N(C2CC2)C1)NCCc1ccco1)c1ccccc1.I. The molecular weight excluding hydrogens is 529 g/mol. The number of amides is 1. The maximum Gasteiger partial charge on any atom is 0.223 e. The van der Waals surface area contributed by atoms with Gasteiger partial charge >= 0.3 is 0 Å². The van der Waals surface area contributed by atoms with Crippen LogP contribution in [0.5, 0.6) is 0 Å². The van der Waals surface area contributed by atoms with E-state index >= 15 is 0 Å². The van der Waals surface area contributed by atoms with Crippen molar-refractivity contribution in [3.8, 4) is 0 Å². The van der Waals surface area contributed by atoms with Gasteiger partial charge in [0.1, 0.15) is 5.76 Å². The van der Waals surface area contributed by atoms with Crippen molar-refractivity contribution < 1.29 is 9.21 Å². The third-order valence-corrected chi connectivity index (χ3v) is 6.14. The standard InChI is InChI=1S/C25H35N5O2.HI/c1-29(21-7-3-2-4-8-21)15-6-13-26-25(27-14-12-23-9-5-16-32-23)28-18-20-17-24(31)30(19-20)22-10-11-22;/h2-5,7-9,16,20,22H,6,10-15,17-19H2,1H3,(H2,26,27,28);1H. The summed E-state index contributed by atoms with van der Waals surface area (Å²) in [5.41, 5.74) is 1.23. The van der Waals surface area contributed by atoms with Gasteiger partial charge in [-0.05, 0) is 43.5 Å². The molecule has 0 radical (unpaired) electrons. The Labute approximate surface area is 214 Å². The minimum atomic E-state index is 0. The van der Waals surface area contributed by atoms with Crippen LogP contribution < -0.4 is 15.5 Å². The van der Waals surface area contributed by atoms with Gasteiger partial charge in [-0.15, -0.1) is 24.0 Å². The zero-order valence-electron chi connectivity index (χ0n) is 19.4. The highest BCUT2D eigenvalue weighted by atomic mass is 127.